The van der Waals surface area contributed by atoms with Crippen molar-refractivity contribution in [2.24, 2.45) is 5.92 Å². The van der Waals surface area contributed by atoms with Gasteiger partial charge in [-0.1, -0.05) is 266 Å². The average Bonchev–Trinajstić information content (AvgIpc) is 3.44. The number of phosphoric acid groups is 2. The molecule has 0 aromatic heterocycles. The number of aliphatic hydroxyl groups is 1. The first-order valence-corrected chi connectivity index (χ1v) is 36.1. The second-order valence-corrected chi connectivity index (χ2v) is 26.2. The molecule has 2 unspecified atom stereocenters. The maximum atomic E-state index is 13.0. The Bertz CT molecular complexity index is 1600. The summed E-state index contributed by atoms with van der Waals surface area (Å²) >= 11 is 0. The Morgan fingerprint density at radius 3 is 0.829 bits per heavy atom. The van der Waals surface area contributed by atoms with Crippen molar-refractivity contribution >= 4 is 39.5 Å². The number of ether oxygens (including phenoxy) is 4. The second-order valence-electron chi connectivity index (χ2n) is 23.3. The molecule has 19 heteroatoms. The number of carbonyl (C=O) groups is 4. The number of aliphatic hydroxyl groups excluding tert-OH is 1. The van der Waals surface area contributed by atoms with Crippen LogP contribution in [0.5, 0.6) is 0 Å². The Hall–Kier alpha value is -1.94. The molecule has 0 aromatic rings. The van der Waals surface area contributed by atoms with E-state index in [1.807, 2.05) is 0 Å². The molecule has 0 aromatic carbocycles. The number of esters is 4. The number of hydrogen-bond acceptors (Lipinski definition) is 15. The lowest BCUT2D eigenvalue weighted by atomic mass is 10.0. The smallest absolute Gasteiger partial charge is 0.462 e. The van der Waals surface area contributed by atoms with E-state index >= 15 is 0 Å². The van der Waals surface area contributed by atoms with Gasteiger partial charge in [0.2, 0.25) is 0 Å². The summed E-state index contributed by atoms with van der Waals surface area (Å²) in [6.45, 7) is 7.11. The van der Waals surface area contributed by atoms with Crippen molar-refractivity contribution in [3.8, 4) is 0 Å². The van der Waals surface area contributed by atoms with Crippen molar-refractivity contribution < 1.29 is 80.2 Å². The van der Waals surface area contributed by atoms with Crippen molar-refractivity contribution in [3.63, 3.8) is 0 Å². The van der Waals surface area contributed by atoms with Gasteiger partial charge < -0.3 is 33.8 Å². The first-order chi connectivity index (χ1) is 39.5. The van der Waals surface area contributed by atoms with Crippen molar-refractivity contribution in [2.75, 3.05) is 39.6 Å². The molecule has 0 bridgehead atoms. The molecule has 486 valence electrons. The van der Waals surface area contributed by atoms with Crippen LogP contribution in [-0.4, -0.2) is 96.7 Å². The topological polar surface area (TPSA) is 237 Å². The Morgan fingerprint density at radius 2 is 0.561 bits per heavy atom. The molecule has 0 saturated heterocycles. The van der Waals surface area contributed by atoms with E-state index in [9.17, 15) is 43.2 Å². The van der Waals surface area contributed by atoms with Crippen molar-refractivity contribution in [1.29, 1.82) is 0 Å². The van der Waals surface area contributed by atoms with E-state index in [2.05, 4.69) is 34.6 Å². The van der Waals surface area contributed by atoms with Crippen LogP contribution in [0.15, 0.2) is 0 Å². The van der Waals surface area contributed by atoms with Gasteiger partial charge >= 0.3 is 39.5 Å². The predicted molar refractivity (Wildman–Crippen MR) is 326 cm³/mol. The number of rotatable bonds is 63. The second kappa shape index (κ2) is 56.8. The number of hydrogen-bond donors (Lipinski definition) is 3. The van der Waals surface area contributed by atoms with Crippen LogP contribution in [0.2, 0.25) is 0 Å². The van der Waals surface area contributed by atoms with Gasteiger partial charge in [0.15, 0.2) is 12.2 Å². The third kappa shape index (κ3) is 57.2. The van der Waals surface area contributed by atoms with Gasteiger partial charge in [0.1, 0.15) is 19.3 Å². The molecule has 0 aliphatic carbocycles. The van der Waals surface area contributed by atoms with E-state index in [1.165, 1.54) is 141 Å². The minimum atomic E-state index is -4.94. The Balaban J connectivity index is 5.23. The van der Waals surface area contributed by atoms with Crippen LogP contribution in [0.25, 0.3) is 0 Å². The SMILES string of the molecule is CCCCCCCCCCCCCCC(=O)O[C@H](COC(=O)CCCCCCCCCCCCC)COP(=O)(O)OC[C@@H](O)COP(=O)(O)OC[C@@H](COC(=O)CCCCCCCCCCC)OC(=O)CCCCCCCCCC(C)C. The van der Waals surface area contributed by atoms with Gasteiger partial charge in [-0.3, -0.25) is 37.3 Å². The maximum absolute atomic E-state index is 13.0. The third-order valence-corrected chi connectivity index (χ3v) is 16.4. The highest BCUT2D eigenvalue weighted by atomic mass is 31.2. The minimum Gasteiger partial charge on any atom is -0.462 e. The summed E-state index contributed by atoms with van der Waals surface area (Å²) in [5.74, 6) is -1.44. The molecule has 0 aliphatic heterocycles. The lowest BCUT2D eigenvalue weighted by molar-refractivity contribution is -0.161. The molecule has 17 nitrogen and oxygen atoms in total. The molecular formula is C63H122O17P2. The van der Waals surface area contributed by atoms with Crippen molar-refractivity contribution in [3.05, 3.63) is 0 Å². The summed E-state index contributed by atoms with van der Waals surface area (Å²) in [5.41, 5.74) is 0. The summed E-state index contributed by atoms with van der Waals surface area (Å²) in [6.07, 6.45) is 40.3. The van der Waals surface area contributed by atoms with Gasteiger partial charge in [0, 0.05) is 25.7 Å². The van der Waals surface area contributed by atoms with E-state index in [1.54, 1.807) is 0 Å². The van der Waals surface area contributed by atoms with Crippen LogP contribution >= 0.6 is 15.6 Å². The van der Waals surface area contributed by atoms with E-state index in [4.69, 9.17) is 37.0 Å². The summed E-state index contributed by atoms with van der Waals surface area (Å²) in [4.78, 5) is 72.1. The van der Waals surface area contributed by atoms with E-state index < -0.39 is 97.5 Å². The summed E-state index contributed by atoms with van der Waals surface area (Å²) in [6, 6.07) is 0. The quantitative estimate of drug-likeness (QED) is 0.0222. The van der Waals surface area contributed by atoms with Gasteiger partial charge in [-0.05, 0) is 31.6 Å². The van der Waals surface area contributed by atoms with Gasteiger partial charge in [0.05, 0.1) is 26.4 Å². The molecular weight excluding hydrogens is 1090 g/mol. The Morgan fingerprint density at radius 1 is 0.329 bits per heavy atom. The third-order valence-electron chi connectivity index (χ3n) is 14.5. The molecule has 82 heavy (non-hydrogen) atoms. The molecule has 0 spiro atoms. The van der Waals surface area contributed by atoms with Gasteiger partial charge in [-0.15, -0.1) is 0 Å². The summed E-state index contributed by atoms with van der Waals surface area (Å²) < 4.78 is 67.9. The number of carbonyl (C=O) groups excluding carboxylic acids is 4. The molecule has 0 amide bonds. The highest BCUT2D eigenvalue weighted by Gasteiger charge is 2.30. The monoisotopic (exact) mass is 1210 g/mol. The number of phosphoric ester groups is 2. The normalized spacial score (nSPS) is 14.3. The fourth-order valence-corrected chi connectivity index (χ4v) is 11.0. The van der Waals surface area contributed by atoms with E-state index in [0.29, 0.717) is 31.6 Å². The van der Waals surface area contributed by atoms with Crippen LogP contribution in [0.4, 0.5) is 0 Å². The zero-order valence-corrected chi connectivity index (χ0v) is 54.4. The maximum Gasteiger partial charge on any atom is 0.472 e. The van der Waals surface area contributed by atoms with Crippen LogP contribution in [0, 0.1) is 5.92 Å². The predicted octanol–water partition coefficient (Wildman–Crippen LogP) is 17.4. The van der Waals surface area contributed by atoms with Crippen LogP contribution < -0.4 is 0 Å². The van der Waals surface area contributed by atoms with Crippen LogP contribution in [0.1, 0.15) is 317 Å². The fraction of sp³-hybridized carbons (Fsp3) is 0.937. The molecule has 0 rings (SSSR count). The van der Waals surface area contributed by atoms with Gasteiger partial charge in [-0.25, -0.2) is 9.13 Å². The zero-order valence-electron chi connectivity index (χ0n) is 52.6. The fourth-order valence-electron chi connectivity index (χ4n) is 9.41. The van der Waals surface area contributed by atoms with Gasteiger partial charge in [0.25, 0.3) is 0 Å². The molecule has 0 heterocycles. The van der Waals surface area contributed by atoms with Crippen LogP contribution in [-0.2, 0) is 65.4 Å². The Labute approximate surface area is 498 Å². The highest BCUT2D eigenvalue weighted by molar-refractivity contribution is 7.47. The number of unbranched alkanes of at least 4 members (excludes halogenated alkanes) is 35. The summed E-state index contributed by atoms with van der Waals surface area (Å²) in [7, 11) is -9.88. The molecule has 0 radical (unpaired) electrons. The van der Waals surface area contributed by atoms with Gasteiger partial charge in [-0.2, -0.15) is 0 Å². The first kappa shape index (κ1) is 80.1. The first-order valence-electron chi connectivity index (χ1n) is 33.1. The van der Waals surface area contributed by atoms with Crippen molar-refractivity contribution in [1.82, 2.24) is 0 Å². The highest BCUT2D eigenvalue weighted by Crippen LogP contribution is 2.45. The Kier molecular flexibility index (Phi) is 55.5. The zero-order chi connectivity index (χ0) is 60.6. The lowest BCUT2D eigenvalue weighted by Gasteiger charge is -2.21. The minimum absolute atomic E-state index is 0.104. The summed E-state index contributed by atoms with van der Waals surface area (Å²) in [5, 5.41) is 10.5. The lowest BCUT2D eigenvalue weighted by Crippen LogP contribution is -2.30. The van der Waals surface area contributed by atoms with E-state index in [0.717, 1.165) is 89.9 Å². The molecule has 0 aliphatic rings. The molecule has 5 atom stereocenters. The molecule has 3 N–H and O–H groups in total. The molecule has 0 saturated carbocycles. The largest absolute Gasteiger partial charge is 0.472 e. The van der Waals surface area contributed by atoms with E-state index in [-0.39, 0.29) is 25.7 Å². The van der Waals surface area contributed by atoms with Crippen LogP contribution in [0.3, 0.4) is 0 Å². The molecule has 0 fully saturated rings. The standard InChI is InChI=1S/C63H122O17P2/c1-6-9-12-15-18-21-23-25-28-33-38-43-48-62(67)79-58(52-74-61(66)47-42-37-32-27-24-22-19-16-13-10-7-2)54-77-81(69,70)75-50-57(64)51-76-82(71,72)78-55-59(53-73-60(65)46-41-36-31-26-20-17-14-11-8-3)80-63(68)49-44-39-34-29-30-35-40-45-56(4)5/h56-59,64H,6-55H2,1-5H3,(H,69,70)(H,71,72)/t57-,58-,59-/m1/s1. The average molecular weight is 1210 g/mol. The van der Waals surface area contributed by atoms with Crippen molar-refractivity contribution in [2.45, 2.75) is 335 Å².